The van der Waals surface area contributed by atoms with Gasteiger partial charge < -0.3 is 19.7 Å². The Kier molecular flexibility index (Phi) is 8.04. The molecule has 1 atom stereocenters. The van der Waals surface area contributed by atoms with E-state index in [0.29, 0.717) is 5.56 Å². The number of benzene rings is 3. The summed E-state index contributed by atoms with van der Waals surface area (Å²) in [6, 6.07) is 15.7. The van der Waals surface area contributed by atoms with Crippen molar-refractivity contribution in [1.82, 2.24) is 5.32 Å². The van der Waals surface area contributed by atoms with Crippen LogP contribution in [0.1, 0.15) is 26.3 Å². The smallest absolute Gasteiger partial charge is 0.408 e. The molecule has 0 aromatic heterocycles. The Labute approximate surface area is 235 Å². The number of methoxy groups -OCH3 is 1. The van der Waals surface area contributed by atoms with Crippen LogP contribution >= 0.6 is 15.9 Å². The number of nitrogens with zero attached hydrogens (tertiary/aromatic N) is 1. The molecule has 2 amide bonds. The molecule has 3 aromatic carbocycles. The second-order valence-electron chi connectivity index (χ2n) is 10.1. The van der Waals surface area contributed by atoms with Crippen molar-refractivity contribution in [3.8, 4) is 16.9 Å². The number of alkyl carbamates (subject to hydrolysis) is 1. The van der Waals surface area contributed by atoms with Gasteiger partial charge in [0.1, 0.15) is 23.2 Å². The highest BCUT2D eigenvalue weighted by Gasteiger charge is 2.40. The number of carbonyl (C=O) groups is 2. The predicted octanol–water partition coefficient (Wildman–Crippen LogP) is 5.48. The number of fused-ring (bicyclic) bond motifs is 1. The summed E-state index contributed by atoms with van der Waals surface area (Å²) >= 11 is 3.10. The van der Waals surface area contributed by atoms with Crippen molar-refractivity contribution in [2.24, 2.45) is 0 Å². The van der Waals surface area contributed by atoms with E-state index >= 15 is 0 Å². The molecule has 206 valence electrons. The molecule has 0 spiro atoms. The van der Waals surface area contributed by atoms with Gasteiger partial charge >= 0.3 is 6.09 Å². The van der Waals surface area contributed by atoms with Crippen LogP contribution in [-0.4, -0.2) is 44.9 Å². The first-order chi connectivity index (χ1) is 18.3. The van der Waals surface area contributed by atoms with E-state index in [9.17, 15) is 22.4 Å². The zero-order valence-electron chi connectivity index (χ0n) is 21.8. The highest BCUT2D eigenvalue weighted by atomic mass is 79.9. The van der Waals surface area contributed by atoms with Crippen molar-refractivity contribution < 1.29 is 31.9 Å². The molecule has 4 rings (SSSR count). The Morgan fingerprint density at radius 3 is 2.23 bits per heavy atom. The van der Waals surface area contributed by atoms with Gasteiger partial charge in [0.25, 0.3) is 5.91 Å². The molecular formula is C28H28BrFN2O6S. The van der Waals surface area contributed by atoms with Gasteiger partial charge in [0.2, 0.25) is 0 Å². The molecule has 1 heterocycles. The number of nitrogens with one attached hydrogen (secondary N) is 1. The van der Waals surface area contributed by atoms with E-state index in [4.69, 9.17) is 9.47 Å². The van der Waals surface area contributed by atoms with Gasteiger partial charge in [-0.2, -0.15) is 0 Å². The number of rotatable bonds is 5. The van der Waals surface area contributed by atoms with Gasteiger partial charge in [-0.25, -0.2) is 17.6 Å². The summed E-state index contributed by atoms with van der Waals surface area (Å²) in [6.45, 7) is 4.93. The van der Waals surface area contributed by atoms with Crippen LogP contribution in [0.5, 0.6) is 5.75 Å². The summed E-state index contributed by atoms with van der Waals surface area (Å²) in [5, 5.41) is 2.39. The van der Waals surface area contributed by atoms with E-state index in [0.717, 1.165) is 22.9 Å². The van der Waals surface area contributed by atoms with Crippen molar-refractivity contribution in [2.75, 3.05) is 17.8 Å². The fraction of sp³-hybridized carbons (Fsp3) is 0.286. The molecule has 0 unspecified atom stereocenters. The summed E-state index contributed by atoms with van der Waals surface area (Å²) < 4.78 is 51.4. The Bertz CT molecular complexity index is 1500. The normalized spacial score (nSPS) is 16.7. The number of carbonyl (C=O) groups excluding carboxylic acids is 2. The Morgan fingerprint density at radius 1 is 1.08 bits per heavy atom. The summed E-state index contributed by atoms with van der Waals surface area (Å²) in [5.74, 6) is -1.46. The molecule has 1 aliphatic heterocycles. The average Bonchev–Trinajstić information content (AvgIpc) is 2.93. The van der Waals surface area contributed by atoms with E-state index in [1.165, 1.54) is 11.0 Å². The third-order valence-electron chi connectivity index (χ3n) is 5.99. The van der Waals surface area contributed by atoms with Crippen molar-refractivity contribution in [1.29, 1.82) is 0 Å². The second kappa shape index (κ2) is 11.0. The van der Waals surface area contributed by atoms with E-state index in [1.807, 2.05) is 48.5 Å². The maximum Gasteiger partial charge on any atom is 0.408 e. The summed E-state index contributed by atoms with van der Waals surface area (Å²) in [4.78, 5) is 27.1. The minimum atomic E-state index is -4.17. The van der Waals surface area contributed by atoms with Gasteiger partial charge in [-0.05, 0) is 77.7 Å². The largest absolute Gasteiger partial charge is 0.497 e. The number of amides is 2. The van der Waals surface area contributed by atoms with Crippen molar-refractivity contribution in [3.63, 3.8) is 0 Å². The van der Waals surface area contributed by atoms with Crippen LogP contribution in [0.15, 0.2) is 70.0 Å². The van der Waals surface area contributed by atoms with E-state index in [2.05, 4.69) is 21.2 Å². The van der Waals surface area contributed by atoms with Crippen molar-refractivity contribution in [3.05, 3.63) is 76.5 Å². The molecule has 0 bridgehead atoms. The fourth-order valence-electron chi connectivity index (χ4n) is 4.15. The average molecular weight is 620 g/mol. The lowest BCUT2D eigenvalue weighted by molar-refractivity contribution is -0.120. The fourth-order valence-corrected chi connectivity index (χ4v) is 6.10. The third kappa shape index (κ3) is 6.59. The molecule has 1 N–H and O–H groups in total. The molecule has 3 aromatic rings. The number of hydrogen-bond donors (Lipinski definition) is 1. The molecule has 0 saturated heterocycles. The summed E-state index contributed by atoms with van der Waals surface area (Å²) in [6.07, 6.45) is -0.932. The number of halogens is 2. The van der Waals surface area contributed by atoms with E-state index < -0.39 is 45.1 Å². The van der Waals surface area contributed by atoms with Crippen LogP contribution in [0.3, 0.4) is 0 Å². The molecule has 39 heavy (non-hydrogen) atoms. The lowest BCUT2D eigenvalue weighted by atomic mass is 10.0. The van der Waals surface area contributed by atoms with Gasteiger partial charge in [0.15, 0.2) is 9.84 Å². The minimum Gasteiger partial charge on any atom is -0.497 e. The van der Waals surface area contributed by atoms with Gasteiger partial charge in [-0.15, -0.1) is 0 Å². The first kappa shape index (κ1) is 28.6. The van der Waals surface area contributed by atoms with Crippen LogP contribution in [0.2, 0.25) is 0 Å². The molecular weight excluding hydrogens is 591 g/mol. The first-order valence-electron chi connectivity index (χ1n) is 12.0. The van der Waals surface area contributed by atoms with E-state index in [-0.39, 0.29) is 21.6 Å². The first-order valence-corrected chi connectivity index (χ1v) is 14.5. The lowest BCUT2D eigenvalue weighted by Gasteiger charge is -2.27. The standard InChI is InChI=1S/C28H28BrFN2O6S/c1-28(2,3)38-27(34)31-23-16-39(35,36)25-14-22(30)21(29)13-24(25)32(26(23)33)15-17-5-7-18(8-6-17)19-9-11-20(37-4)12-10-19/h5-14,23H,15-16H2,1-4H3,(H,31,34)/t23-/m0/s1. The molecule has 11 heteroatoms. The lowest BCUT2D eigenvalue weighted by Crippen LogP contribution is -2.51. The van der Waals surface area contributed by atoms with Gasteiger partial charge in [-0.3, -0.25) is 4.79 Å². The molecule has 0 radical (unpaired) electrons. The number of hydrogen-bond acceptors (Lipinski definition) is 6. The summed E-state index contributed by atoms with van der Waals surface area (Å²) in [7, 11) is -2.57. The van der Waals surface area contributed by atoms with Gasteiger partial charge in [0.05, 0.1) is 34.5 Å². The SMILES string of the molecule is COc1ccc(-c2ccc(CN3C(=O)[C@@H](NC(=O)OC(C)(C)C)CS(=O)(=O)c4cc(F)c(Br)cc43)cc2)cc1. The molecule has 8 nitrogen and oxygen atoms in total. The minimum absolute atomic E-state index is 0.00246. The van der Waals surface area contributed by atoms with Gasteiger partial charge in [0, 0.05) is 0 Å². The highest BCUT2D eigenvalue weighted by Crippen LogP contribution is 2.36. The maximum atomic E-state index is 14.5. The highest BCUT2D eigenvalue weighted by molar-refractivity contribution is 9.10. The Morgan fingerprint density at radius 2 is 1.67 bits per heavy atom. The summed E-state index contributed by atoms with van der Waals surface area (Å²) in [5.41, 5.74) is 1.74. The van der Waals surface area contributed by atoms with Crippen LogP contribution in [0, 0.1) is 5.82 Å². The van der Waals surface area contributed by atoms with Crippen molar-refractivity contribution in [2.45, 2.75) is 43.9 Å². The van der Waals surface area contributed by atoms with Crippen LogP contribution < -0.4 is 15.0 Å². The van der Waals surface area contributed by atoms with Crippen LogP contribution in [0.25, 0.3) is 11.1 Å². The van der Waals surface area contributed by atoms with E-state index in [1.54, 1.807) is 27.9 Å². The monoisotopic (exact) mass is 618 g/mol. The molecule has 0 saturated carbocycles. The molecule has 0 fully saturated rings. The zero-order valence-corrected chi connectivity index (χ0v) is 24.2. The Balaban J connectivity index is 1.70. The number of anilines is 1. The zero-order chi connectivity index (χ0) is 28.5. The topological polar surface area (TPSA) is 102 Å². The van der Waals surface area contributed by atoms with Crippen molar-refractivity contribution >= 4 is 43.5 Å². The molecule has 0 aliphatic carbocycles. The second-order valence-corrected chi connectivity index (χ2v) is 12.9. The quantitative estimate of drug-likeness (QED) is 0.406. The van der Waals surface area contributed by atoms with Gasteiger partial charge in [-0.1, -0.05) is 36.4 Å². The molecule has 1 aliphatic rings. The third-order valence-corrected chi connectivity index (χ3v) is 8.36. The predicted molar refractivity (Wildman–Crippen MR) is 149 cm³/mol. The van der Waals surface area contributed by atoms with Crippen LogP contribution in [0.4, 0.5) is 14.9 Å². The number of ether oxygens (including phenoxy) is 2. The Hall–Kier alpha value is -3.44. The number of sulfone groups is 1. The van der Waals surface area contributed by atoms with Crippen LogP contribution in [-0.2, 0) is 25.9 Å². The maximum absolute atomic E-state index is 14.5.